The molecule has 0 spiro atoms. The van der Waals surface area contributed by atoms with Gasteiger partial charge < -0.3 is 5.32 Å². The molecule has 21 heavy (non-hydrogen) atoms. The second kappa shape index (κ2) is 7.48. The maximum Gasteiger partial charge on any atom is 0.240 e. The van der Waals surface area contributed by atoms with Crippen molar-refractivity contribution in [3.63, 3.8) is 0 Å². The summed E-state index contributed by atoms with van der Waals surface area (Å²) in [7, 11) is -3.51. The maximum absolute atomic E-state index is 12.2. The number of sulfonamides is 1. The van der Waals surface area contributed by atoms with Crippen LogP contribution in [0.2, 0.25) is 0 Å². The first-order valence-corrected chi connectivity index (χ1v) is 9.06. The Hall–Kier alpha value is -1.51. The van der Waals surface area contributed by atoms with Crippen LogP contribution in [0, 0.1) is 0 Å². The van der Waals surface area contributed by atoms with Crippen LogP contribution in [0.15, 0.2) is 34.8 Å². The summed E-state index contributed by atoms with van der Waals surface area (Å²) in [4.78, 5) is 8.44. The lowest BCUT2D eigenvalue weighted by molar-refractivity contribution is 0.581. The van der Waals surface area contributed by atoms with Gasteiger partial charge in [0.25, 0.3) is 0 Å². The Morgan fingerprint density at radius 3 is 2.81 bits per heavy atom. The lowest BCUT2D eigenvalue weighted by atomic mass is 10.4. The van der Waals surface area contributed by atoms with Gasteiger partial charge in [0.05, 0.1) is 9.90 Å². The zero-order valence-electron chi connectivity index (χ0n) is 11.7. The van der Waals surface area contributed by atoms with Crippen molar-refractivity contribution >= 4 is 27.2 Å². The largest absolute Gasteiger partial charge is 0.370 e. The molecule has 0 aliphatic heterocycles. The summed E-state index contributed by atoms with van der Waals surface area (Å²) in [6, 6.07) is 3.03. The Balaban J connectivity index is 1.98. The highest BCUT2D eigenvalue weighted by Crippen LogP contribution is 2.13. The van der Waals surface area contributed by atoms with Crippen molar-refractivity contribution in [1.82, 2.24) is 14.7 Å². The molecule has 0 saturated heterocycles. The van der Waals surface area contributed by atoms with E-state index in [-0.39, 0.29) is 4.90 Å². The third-order valence-electron chi connectivity index (χ3n) is 2.71. The first-order chi connectivity index (χ1) is 10.1. The van der Waals surface area contributed by atoms with Gasteiger partial charge in [-0.25, -0.2) is 23.1 Å². The minimum atomic E-state index is -3.51. The average molecular weight is 326 g/mol. The molecule has 6 nitrogen and oxygen atoms in total. The molecule has 0 aromatic carbocycles. The van der Waals surface area contributed by atoms with E-state index in [9.17, 15) is 8.42 Å². The van der Waals surface area contributed by atoms with E-state index in [4.69, 9.17) is 0 Å². The molecule has 0 amide bonds. The van der Waals surface area contributed by atoms with Gasteiger partial charge in [0.1, 0.15) is 5.82 Å². The summed E-state index contributed by atoms with van der Waals surface area (Å²) in [6.45, 7) is 3.12. The Labute approximate surface area is 128 Å². The van der Waals surface area contributed by atoms with Gasteiger partial charge in [-0.15, -0.1) is 11.3 Å². The normalized spacial score (nSPS) is 11.5. The van der Waals surface area contributed by atoms with Crippen molar-refractivity contribution in [2.45, 2.75) is 24.7 Å². The standard InChI is InChI=1S/C13H18N4O2S2/c1-2-5-14-12-10-11(3-6-15-12)21(18,19)17-7-4-13-16-8-9-20-13/h3,6,8-10,17H,2,4-5,7H2,1H3,(H,14,15). The molecule has 2 aromatic heterocycles. The van der Waals surface area contributed by atoms with Gasteiger partial charge in [-0.05, 0) is 12.5 Å². The number of rotatable bonds is 8. The van der Waals surface area contributed by atoms with Crippen LogP contribution < -0.4 is 10.0 Å². The number of aromatic nitrogens is 2. The molecule has 0 saturated carbocycles. The second-order valence-corrected chi connectivity index (χ2v) is 7.12. The van der Waals surface area contributed by atoms with Gasteiger partial charge in [0.2, 0.25) is 10.0 Å². The van der Waals surface area contributed by atoms with Crippen LogP contribution in [-0.4, -0.2) is 31.5 Å². The molecule has 2 N–H and O–H groups in total. The van der Waals surface area contributed by atoms with E-state index >= 15 is 0 Å². The van der Waals surface area contributed by atoms with Gasteiger partial charge in [-0.3, -0.25) is 0 Å². The number of hydrogen-bond acceptors (Lipinski definition) is 6. The third-order valence-corrected chi connectivity index (χ3v) is 5.01. The molecular weight excluding hydrogens is 308 g/mol. The number of anilines is 1. The van der Waals surface area contributed by atoms with Gasteiger partial charge in [-0.2, -0.15) is 0 Å². The molecule has 0 radical (unpaired) electrons. The van der Waals surface area contributed by atoms with Crippen LogP contribution in [0.5, 0.6) is 0 Å². The van der Waals surface area contributed by atoms with Crippen LogP contribution in [0.4, 0.5) is 5.82 Å². The van der Waals surface area contributed by atoms with Crippen molar-refractivity contribution in [2.24, 2.45) is 0 Å². The number of pyridine rings is 1. The van der Waals surface area contributed by atoms with Crippen molar-refractivity contribution < 1.29 is 8.42 Å². The van der Waals surface area contributed by atoms with Crippen LogP contribution in [0.1, 0.15) is 18.4 Å². The summed E-state index contributed by atoms with van der Waals surface area (Å²) < 4.78 is 27.0. The van der Waals surface area contributed by atoms with Crippen molar-refractivity contribution in [3.8, 4) is 0 Å². The fraction of sp³-hybridized carbons (Fsp3) is 0.385. The van der Waals surface area contributed by atoms with Gasteiger partial charge >= 0.3 is 0 Å². The van der Waals surface area contributed by atoms with Crippen molar-refractivity contribution in [1.29, 1.82) is 0 Å². The van der Waals surface area contributed by atoms with Gasteiger partial charge in [-0.1, -0.05) is 6.92 Å². The maximum atomic E-state index is 12.2. The molecule has 2 heterocycles. The Morgan fingerprint density at radius 1 is 1.24 bits per heavy atom. The minimum Gasteiger partial charge on any atom is -0.370 e. The molecule has 0 aliphatic carbocycles. The highest BCUT2D eigenvalue weighted by Gasteiger charge is 2.14. The summed E-state index contributed by atoms with van der Waals surface area (Å²) in [5.41, 5.74) is 0. The van der Waals surface area contributed by atoms with E-state index in [2.05, 4.69) is 20.0 Å². The highest BCUT2D eigenvalue weighted by atomic mass is 32.2. The van der Waals surface area contributed by atoms with Crippen LogP contribution in [-0.2, 0) is 16.4 Å². The number of thiazole rings is 1. The Bertz CT molecular complexity index is 657. The van der Waals surface area contributed by atoms with Crippen molar-refractivity contribution in [3.05, 3.63) is 34.9 Å². The van der Waals surface area contributed by atoms with Gasteiger partial charge in [0.15, 0.2) is 0 Å². The molecular formula is C13H18N4O2S2. The fourth-order valence-corrected chi connectivity index (χ4v) is 3.34. The summed E-state index contributed by atoms with van der Waals surface area (Å²) in [5, 5.41) is 5.86. The molecule has 2 rings (SSSR count). The molecule has 8 heteroatoms. The minimum absolute atomic E-state index is 0.218. The van der Waals surface area contributed by atoms with Crippen LogP contribution in [0.3, 0.4) is 0 Å². The van der Waals surface area contributed by atoms with E-state index in [0.717, 1.165) is 18.0 Å². The Kier molecular flexibility index (Phi) is 5.66. The molecule has 0 bridgehead atoms. The zero-order chi connectivity index (χ0) is 15.1. The number of nitrogens with one attached hydrogen (secondary N) is 2. The summed E-state index contributed by atoms with van der Waals surface area (Å²) >= 11 is 1.51. The monoisotopic (exact) mass is 326 g/mol. The fourth-order valence-electron chi connectivity index (χ4n) is 1.68. The first-order valence-electron chi connectivity index (χ1n) is 6.70. The molecule has 0 atom stereocenters. The summed E-state index contributed by atoms with van der Waals surface area (Å²) in [5.74, 6) is 0.569. The molecule has 0 unspecified atom stereocenters. The van der Waals surface area contributed by atoms with Crippen molar-refractivity contribution in [2.75, 3.05) is 18.4 Å². The lowest BCUT2D eigenvalue weighted by Crippen LogP contribution is -2.26. The van der Waals surface area contributed by atoms with E-state index in [0.29, 0.717) is 18.8 Å². The predicted molar refractivity (Wildman–Crippen MR) is 84.0 cm³/mol. The van der Waals surface area contributed by atoms with E-state index < -0.39 is 10.0 Å². The molecule has 2 aromatic rings. The Morgan fingerprint density at radius 2 is 2.10 bits per heavy atom. The molecule has 114 valence electrons. The molecule has 0 fully saturated rings. The third kappa shape index (κ3) is 4.76. The zero-order valence-corrected chi connectivity index (χ0v) is 13.4. The first kappa shape index (κ1) is 15.9. The second-order valence-electron chi connectivity index (χ2n) is 4.38. The predicted octanol–water partition coefficient (Wildman–Crippen LogP) is 1.88. The summed E-state index contributed by atoms with van der Waals surface area (Å²) in [6.07, 6.45) is 4.74. The van der Waals surface area contributed by atoms with Crippen LogP contribution in [0.25, 0.3) is 0 Å². The highest BCUT2D eigenvalue weighted by molar-refractivity contribution is 7.89. The lowest BCUT2D eigenvalue weighted by Gasteiger charge is -2.08. The van der Waals surface area contributed by atoms with E-state index in [1.807, 2.05) is 12.3 Å². The number of hydrogen-bond donors (Lipinski definition) is 2. The average Bonchev–Trinajstić information content (AvgIpc) is 2.98. The van der Waals surface area contributed by atoms with E-state index in [1.165, 1.54) is 23.6 Å². The van der Waals surface area contributed by atoms with Gasteiger partial charge in [0, 0.05) is 43.4 Å². The topological polar surface area (TPSA) is 84.0 Å². The molecule has 0 aliphatic rings. The SMILES string of the molecule is CCCNc1cc(S(=O)(=O)NCCc2nccs2)ccn1. The van der Waals surface area contributed by atoms with Crippen LogP contribution >= 0.6 is 11.3 Å². The van der Waals surface area contributed by atoms with E-state index in [1.54, 1.807) is 12.3 Å². The smallest absolute Gasteiger partial charge is 0.240 e. The number of nitrogens with zero attached hydrogens (tertiary/aromatic N) is 2. The quantitative estimate of drug-likeness (QED) is 0.774.